The first kappa shape index (κ1) is 9.87. The van der Waals surface area contributed by atoms with Gasteiger partial charge >= 0.3 is 0 Å². The summed E-state index contributed by atoms with van der Waals surface area (Å²) >= 11 is 0. The van der Waals surface area contributed by atoms with E-state index in [1.165, 1.54) is 6.20 Å². The molecular formula is C10H13N5. The van der Waals surface area contributed by atoms with Crippen LogP contribution in [0.4, 0.5) is 5.82 Å². The molecule has 0 bridgehead atoms. The van der Waals surface area contributed by atoms with E-state index in [9.17, 15) is 0 Å². The fourth-order valence-electron chi connectivity index (χ4n) is 1.68. The summed E-state index contributed by atoms with van der Waals surface area (Å²) in [4.78, 5) is 10.4. The first-order chi connectivity index (χ1) is 7.29. The number of hydrogen-bond acceptors (Lipinski definition) is 5. The van der Waals surface area contributed by atoms with E-state index in [0.29, 0.717) is 11.7 Å². The predicted molar refractivity (Wildman–Crippen MR) is 56.4 cm³/mol. The molecule has 0 saturated carbocycles. The van der Waals surface area contributed by atoms with E-state index < -0.39 is 0 Å². The Hall–Kier alpha value is -1.67. The van der Waals surface area contributed by atoms with Gasteiger partial charge in [0.1, 0.15) is 11.9 Å². The lowest BCUT2D eigenvalue weighted by molar-refractivity contribution is 0.482. The number of aromatic nitrogens is 2. The van der Waals surface area contributed by atoms with Crippen molar-refractivity contribution in [3.8, 4) is 6.07 Å². The van der Waals surface area contributed by atoms with Crippen molar-refractivity contribution in [2.45, 2.75) is 13.0 Å². The highest BCUT2D eigenvalue weighted by Crippen LogP contribution is 2.11. The number of hydrogen-bond donors (Lipinski definition) is 1. The van der Waals surface area contributed by atoms with Gasteiger partial charge in [-0.15, -0.1) is 0 Å². The molecular weight excluding hydrogens is 190 g/mol. The van der Waals surface area contributed by atoms with Crippen LogP contribution in [0.2, 0.25) is 0 Å². The number of anilines is 1. The zero-order valence-corrected chi connectivity index (χ0v) is 8.64. The second-order valence-corrected chi connectivity index (χ2v) is 3.67. The quantitative estimate of drug-likeness (QED) is 0.703. The smallest absolute Gasteiger partial charge is 0.158 e. The lowest BCUT2D eigenvalue weighted by Crippen LogP contribution is -2.49. The Morgan fingerprint density at radius 1 is 1.53 bits per heavy atom. The third-order valence-electron chi connectivity index (χ3n) is 2.45. The maximum atomic E-state index is 8.60. The van der Waals surface area contributed by atoms with E-state index in [4.69, 9.17) is 5.26 Å². The molecule has 0 aromatic carbocycles. The van der Waals surface area contributed by atoms with Crippen LogP contribution in [0, 0.1) is 11.3 Å². The Balaban J connectivity index is 2.12. The second-order valence-electron chi connectivity index (χ2n) is 3.67. The highest BCUT2D eigenvalue weighted by molar-refractivity contribution is 5.38. The van der Waals surface area contributed by atoms with E-state index in [1.807, 2.05) is 6.07 Å². The third-order valence-corrected chi connectivity index (χ3v) is 2.45. The zero-order valence-electron chi connectivity index (χ0n) is 8.64. The van der Waals surface area contributed by atoms with E-state index in [2.05, 4.69) is 27.1 Å². The van der Waals surface area contributed by atoms with Crippen LogP contribution in [-0.2, 0) is 0 Å². The molecule has 1 N–H and O–H groups in total. The molecule has 1 aliphatic heterocycles. The molecule has 5 nitrogen and oxygen atoms in total. The monoisotopic (exact) mass is 203 g/mol. The molecule has 1 atom stereocenters. The van der Waals surface area contributed by atoms with Crippen LogP contribution in [0.5, 0.6) is 0 Å². The molecule has 1 saturated heterocycles. The highest BCUT2D eigenvalue weighted by Gasteiger charge is 2.16. The van der Waals surface area contributed by atoms with Gasteiger partial charge in [0, 0.05) is 25.7 Å². The molecule has 2 heterocycles. The molecule has 0 unspecified atom stereocenters. The normalized spacial score (nSPS) is 21.1. The summed E-state index contributed by atoms with van der Waals surface area (Å²) in [5.41, 5.74) is 0.363. The molecule has 78 valence electrons. The third kappa shape index (κ3) is 2.22. The summed E-state index contributed by atoms with van der Waals surface area (Å²) < 4.78 is 0. The highest BCUT2D eigenvalue weighted by atomic mass is 15.2. The summed E-state index contributed by atoms with van der Waals surface area (Å²) in [6.45, 7) is 4.97. The van der Waals surface area contributed by atoms with Gasteiger partial charge in [-0.3, -0.25) is 0 Å². The number of nitrogens with one attached hydrogen (secondary N) is 1. The van der Waals surface area contributed by atoms with Crippen LogP contribution >= 0.6 is 0 Å². The average molecular weight is 203 g/mol. The predicted octanol–water partition coefficient (Wildman–Crippen LogP) is 0.146. The number of nitrogens with zero attached hydrogens (tertiary/aromatic N) is 4. The summed E-state index contributed by atoms with van der Waals surface area (Å²) in [6.07, 6.45) is 3.18. The Morgan fingerprint density at radius 3 is 3.00 bits per heavy atom. The lowest BCUT2D eigenvalue weighted by Gasteiger charge is -2.32. The van der Waals surface area contributed by atoms with Crippen LogP contribution in [0.3, 0.4) is 0 Å². The van der Waals surface area contributed by atoms with Gasteiger partial charge in [-0.05, 0) is 6.92 Å². The van der Waals surface area contributed by atoms with Crippen LogP contribution in [0.25, 0.3) is 0 Å². The van der Waals surface area contributed by atoms with Gasteiger partial charge in [-0.2, -0.15) is 5.26 Å². The Morgan fingerprint density at radius 2 is 2.40 bits per heavy atom. The molecule has 1 aliphatic rings. The van der Waals surface area contributed by atoms with Crippen molar-refractivity contribution in [3.63, 3.8) is 0 Å². The van der Waals surface area contributed by atoms with Crippen molar-refractivity contribution in [2.24, 2.45) is 0 Å². The van der Waals surface area contributed by atoms with Gasteiger partial charge < -0.3 is 10.2 Å². The zero-order chi connectivity index (χ0) is 10.7. The fourth-order valence-corrected chi connectivity index (χ4v) is 1.68. The van der Waals surface area contributed by atoms with Crippen molar-refractivity contribution in [3.05, 3.63) is 18.1 Å². The van der Waals surface area contributed by atoms with Crippen molar-refractivity contribution in [1.29, 1.82) is 5.26 Å². The topological polar surface area (TPSA) is 64.8 Å². The van der Waals surface area contributed by atoms with E-state index in [-0.39, 0.29) is 0 Å². The van der Waals surface area contributed by atoms with Gasteiger partial charge in [-0.25, -0.2) is 9.97 Å². The van der Waals surface area contributed by atoms with Crippen molar-refractivity contribution < 1.29 is 0 Å². The average Bonchev–Trinajstić information content (AvgIpc) is 2.29. The van der Waals surface area contributed by atoms with Gasteiger partial charge in [0.15, 0.2) is 5.69 Å². The molecule has 0 aliphatic carbocycles. The van der Waals surface area contributed by atoms with Crippen LogP contribution in [0.15, 0.2) is 12.4 Å². The molecule has 2 rings (SSSR count). The van der Waals surface area contributed by atoms with E-state index in [0.717, 1.165) is 25.5 Å². The van der Waals surface area contributed by atoms with Gasteiger partial charge in [-0.1, -0.05) is 0 Å². The standard InChI is InChI=1S/C10H13N5/c1-8-7-15(3-2-12-8)10-6-13-9(4-11)5-14-10/h5-6,8,12H,2-3,7H2,1H3/t8-/m0/s1. The number of piperazine rings is 1. The first-order valence-electron chi connectivity index (χ1n) is 5.00. The lowest BCUT2D eigenvalue weighted by atomic mass is 10.2. The SMILES string of the molecule is C[C@H]1CN(c2cnc(C#N)cn2)CCN1. The minimum atomic E-state index is 0.363. The van der Waals surface area contributed by atoms with Crippen LogP contribution in [-0.4, -0.2) is 35.6 Å². The minimum absolute atomic E-state index is 0.363. The summed E-state index contributed by atoms with van der Waals surface area (Å²) in [5.74, 6) is 0.849. The van der Waals surface area contributed by atoms with Crippen molar-refractivity contribution >= 4 is 5.82 Å². The Labute approximate surface area is 88.8 Å². The fraction of sp³-hybridized carbons (Fsp3) is 0.500. The summed E-state index contributed by atoms with van der Waals surface area (Å²) in [5, 5.41) is 12.0. The Bertz CT molecular complexity index is 366. The molecule has 0 radical (unpaired) electrons. The van der Waals surface area contributed by atoms with Crippen molar-refractivity contribution in [2.75, 3.05) is 24.5 Å². The molecule has 15 heavy (non-hydrogen) atoms. The molecule has 1 fully saturated rings. The van der Waals surface area contributed by atoms with Gasteiger partial charge in [0.25, 0.3) is 0 Å². The van der Waals surface area contributed by atoms with Gasteiger partial charge in [0.2, 0.25) is 0 Å². The second kappa shape index (κ2) is 4.24. The molecule has 1 aromatic heterocycles. The first-order valence-corrected chi connectivity index (χ1v) is 5.00. The molecule has 0 spiro atoms. The van der Waals surface area contributed by atoms with Crippen molar-refractivity contribution in [1.82, 2.24) is 15.3 Å². The number of rotatable bonds is 1. The largest absolute Gasteiger partial charge is 0.353 e. The maximum Gasteiger partial charge on any atom is 0.158 e. The van der Waals surface area contributed by atoms with Crippen LogP contribution in [0.1, 0.15) is 12.6 Å². The molecule has 5 heteroatoms. The van der Waals surface area contributed by atoms with E-state index in [1.54, 1.807) is 6.20 Å². The van der Waals surface area contributed by atoms with Crippen LogP contribution < -0.4 is 10.2 Å². The minimum Gasteiger partial charge on any atom is -0.353 e. The Kier molecular flexibility index (Phi) is 2.79. The summed E-state index contributed by atoms with van der Waals surface area (Å²) in [6, 6.07) is 2.43. The molecule has 1 aromatic rings. The number of nitriles is 1. The summed E-state index contributed by atoms with van der Waals surface area (Å²) in [7, 11) is 0. The van der Waals surface area contributed by atoms with Gasteiger partial charge in [0.05, 0.1) is 12.4 Å². The van der Waals surface area contributed by atoms with E-state index >= 15 is 0 Å². The molecule has 0 amide bonds. The maximum absolute atomic E-state index is 8.60.